The lowest BCUT2D eigenvalue weighted by Crippen LogP contribution is -2.65. The van der Waals surface area contributed by atoms with Gasteiger partial charge in [-0.3, -0.25) is 4.79 Å². The van der Waals surface area contributed by atoms with Gasteiger partial charge in [-0.05, 0) is 13.8 Å². The van der Waals surface area contributed by atoms with E-state index in [0.717, 1.165) is 0 Å². The van der Waals surface area contributed by atoms with Gasteiger partial charge in [0.2, 0.25) is 0 Å². The average molecular weight is 306 g/mol. The molecule has 3 atom stereocenters. The SMILES string of the molecule is CC(O)CC[N+](C)(C)C(CCC(=O)O)(CC(C)O)C(=O)O. The first kappa shape index (κ1) is 19.8. The first-order chi connectivity index (χ1) is 9.44. The maximum atomic E-state index is 11.9. The monoisotopic (exact) mass is 306 g/mol. The number of aliphatic hydroxyl groups excluding tert-OH is 2. The molecule has 0 aromatic heterocycles. The summed E-state index contributed by atoms with van der Waals surface area (Å²) in [6, 6.07) is 0. The van der Waals surface area contributed by atoms with Crippen molar-refractivity contribution < 1.29 is 34.5 Å². The maximum Gasteiger partial charge on any atom is 0.365 e. The Labute approximate surface area is 125 Å². The molecule has 0 aliphatic carbocycles. The molecule has 7 heteroatoms. The minimum Gasteiger partial charge on any atom is -0.481 e. The predicted octanol–water partition coefficient (Wildman–Crippen LogP) is 0.293. The van der Waals surface area contributed by atoms with E-state index in [2.05, 4.69) is 0 Å². The van der Waals surface area contributed by atoms with E-state index >= 15 is 0 Å². The largest absolute Gasteiger partial charge is 0.481 e. The van der Waals surface area contributed by atoms with Crippen LogP contribution in [0.3, 0.4) is 0 Å². The molecule has 0 aromatic carbocycles. The lowest BCUT2D eigenvalue weighted by molar-refractivity contribution is -0.934. The molecule has 0 heterocycles. The predicted molar refractivity (Wildman–Crippen MR) is 76.8 cm³/mol. The highest BCUT2D eigenvalue weighted by Gasteiger charge is 2.53. The smallest absolute Gasteiger partial charge is 0.365 e. The van der Waals surface area contributed by atoms with Crippen LogP contribution in [0.15, 0.2) is 0 Å². The Morgan fingerprint density at radius 1 is 1.10 bits per heavy atom. The summed E-state index contributed by atoms with van der Waals surface area (Å²) >= 11 is 0. The fraction of sp³-hybridized carbons (Fsp3) is 0.857. The fourth-order valence-corrected chi connectivity index (χ4v) is 2.63. The topological polar surface area (TPSA) is 115 Å². The normalized spacial score (nSPS) is 17.8. The van der Waals surface area contributed by atoms with Crippen molar-refractivity contribution >= 4 is 11.9 Å². The highest BCUT2D eigenvalue weighted by atomic mass is 16.4. The molecule has 21 heavy (non-hydrogen) atoms. The van der Waals surface area contributed by atoms with E-state index in [-0.39, 0.29) is 23.7 Å². The van der Waals surface area contributed by atoms with Crippen LogP contribution in [-0.2, 0) is 9.59 Å². The Hall–Kier alpha value is -1.18. The van der Waals surface area contributed by atoms with Crippen LogP contribution < -0.4 is 0 Å². The van der Waals surface area contributed by atoms with Crippen LogP contribution in [0.1, 0.15) is 39.5 Å². The zero-order chi connectivity index (χ0) is 16.8. The van der Waals surface area contributed by atoms with Crippen LogP contribution in [0, 0.1) is 0 Å². The number of likely N-dealkylation sites (N-methyl/N-ethyl adjacent to an activating group) is 1. The summed E-state index contributed by atoms with van der Waals surface area (Å²) in [7, 11) is 3.39. The van der Waals surface area contributed by atoms with Crippen molar-refractivity contribution in [3.63, 3.8) is 0 Å². The second-order valence-corrected chi connectivity index (χ2v) is 6.33. The molecule has 0 saturated heterocycles. The first-order valence-corrected chi connectivity index (χ1v) is 7.09. The molecule has 124 valence electrons. The van der Waals surface area contributed by atoms with Crippen molar-refractivity contribution in [2.24, 2.45) is 0 Å². The summed E-state index contributed by atoms with van der Waals surface area (Å²) in [4.78, 5) is 22.7. The number of nitrogens with zero attached hydrogens (tertiary/aromatic N) is 1. The van der Waals surface area contributed by atoms with Gasteiger partial charge >= 0.3 is 11.9 Å². The summed E-state index contributed by atoms with van der Waals surface area (Å²) in [5, 5.41) is 37.7. The molecule has 0 rings (SSSR count). The lowest BCUT2D eigenvalue weighted by Gasteiger charge is -2.46. The Kier molecular flexibility index (Phi) is 7.29. The molecular formula is C14H28NO6+. The van der Waals surface area contributed by atoms with Crippen molar-refractivity contribution in [2.75, 3.05) is 20.6 Å². The summed E-state index contributed by atoms with van der Waals surface area (Å²) in [5.74, 6) is -2.19. The second-order valence-electron chi connectivity index (χ2n) is 6.33. The number of rotatable bonds is 10. The zero-order valence-corrected chi connectivity index (χ0v) is 13.2. The second kappa shape index (κ2) is 7.72. The highest BCUT2D eigenvalue weighted by Crippen LogP contribution is 2.33. The number of carboxylic acids is 2. The van der Waals surface area contributed by atoms with Gasteiger partial charge in [-0.15, -0.1) is 0 Å². The van der Waals surface area contributed by atoms with E-state index in [9.17, 15) is 24.9 Å². The Morgan fingerprint density at radius 3 is 1.95 bits per heavy atom. The minimum atomic E-state index is -1.40. The van der Waals surface area contributed by atoms with Gasteiger partial charge in [0.15, 0.2) is 5.54 Å². The van der Waals surface area contributed by atoms with Crippen molar-refractivity contribution in [1.82, 2.24) is 0 Å². The molecule has 0 aliphatic heterocycles. The van der Waals surface area contributed by atoms with Gasteiger partial charge in [0.05, 0.1) is 39.3 Å². The third-order valence-electron chi connectivity index (χ3n) is 4.05. The molecule has 3 unspecified atom stereocenters. The van der Waals surface area contributed by atoms with Gasteiger partial charge < -0.3 is 24.9 Å². The maximum absolute atomic E-state index is 11.9. The van der Waals surface area contributed by atoms with E-state index in [0.29, 0.717) is 13.0 Å². The van der Waals surface area contributed by atoms with E-state index in [1.54, 1.807) is 21.0 Å². The van der Waals surface area contributed by atoms with Crippen LogP contribution in [0.25, 0.3) is 0 Å². The molecule has 0 amide bonds. The molecule has 0 saturated carbocycles. The van der Waals surface area contributed by atoms with Crippen molar-refractivity contribution in [3.8, 4) is 0 Å². The molecule has 0 fully saturated rings. The highest BCUT2D eigenvalue weighted by molar-refractivity contribution is 5.78. The number of hydrogen-bond acceptors (Lipinski definition) is 4. The summed E-state index contributed by atoms with van der Waals surface area (Å²) in [5.41, 5.74) is -1.40. The summed E-state index contributed by atoms with van der Waals surface area (Å²) in [6.45, 7) is 3.48. The molecule has 4 N–H and O–H groups in total. The standard InChI is InChI=1S/C14H27NO6/c1-10(16)6-8-15(3,4)14(13(20)21,9-11(2)17)7-5-12(18)19/h10-11,16-17H,5-9H2,1-4H3,(H-,18,19,20,21)/p+1. The van der Waals surface area contributed by atoms with E-state index in [1.165, 1.54) is 6.92 Å². The van der Waals surface area contributed by atoms with Crippen molar-refractivity contribution in [2.45, 2.75) is 57.3 Å². The average Bonchev–Trinajstić information content (AvgIpc) is 2.30. The Bertz CT molecular complexity index is 366. The summed E-state index contributed by atoms with van der Waals surface area (Å²) < 4.78 is 0.00537. The van der Waals surface area contributed by atoms with Gasteiger partial charge in [0, 0.05) is 19.3 Å². The molecule has 0 spiro atoms. The molecule has 7 nitrogen and oxygen atoms in total. The minimum absolute atomic E-state index is 0.00537. The third kappa shape index (κ3) is 5.61. The van der Waals surface area contributed by atoms with Crippen molar-refractivity contribution in [1.29, 1.82) is 0 Å². The molecule has 0 bridgehead atoms. The quantitative estimate of drug-likeness (QED) is 0.431. The number of aliphatic hydroxyl groups is 2. The van der Waals surface area contributed by atoms with E-state index in [4.69, 9.17) is 5.11 Å². The third-order valence-corrected chi connectivity index (χ3v) is 4.05. The molecule has 0 aliphatic rings. The fourth-order valence-electron chi connectivity index (χ4n) is 2.63. The molecular weight excluding hydrogens is 278 g/mol. The molecule has 0 radical (unpaired) electrons. The van der Waals surface area contributed by atoms with Gasteiger partial charge in [0.25, 0.3) is 0 Å². The number of quaternary nitrogens is 1. The zero-order valence-electron chi connectivity index (χ0n) is 13.2. The number of hydrogen-bond donors (Lipinski definition) is 4. The van der Waals surface area contributed by atoms with Crippen LogP contribution in [0.2, 0.25) is 0 Å². The van der Waals surface area contributed by atoms with E-state index in [1.807, 2.05) is 0 Å². The number of carbonyl (C=O) groups is 2. The van der Waals surface area contributed by atoms with Gasteiger partial charge in [-0.2, -0.15) is 0 Å². The van der Waals surface area contributed by atoms with Gasteiger partial charge in [0.1, 0.15) is 0 Å². The van der Waals surface area contributed by atoms with Crippen LogP contribution in [-0.4, -0.2) is 75.2 Å². The Balaban J connectivity index is 5.49. The lowest BCUT2D eigenvalue weighted by atomic mass is 9.83. The van der Waals surface area contributed by atoms with Crippen LogP contribution in [0.4, 0.5) is 0 Å². The van der Waals surface area contributed by atoms with Crippen molar-refractivity contribution in [3.05, 3.63) is 0 Å². The summed E-state index contributed by atoms with van der Waals surface area (Å²) in [6.07, 6.45) is -1.43. The van der Waals surface area contributed by atoms with Crippen LogP contribution in [0.5, 0.6) is 0 Å². The number of aliphatic carboxylic acids is 2. The van der Waals surface area contributed by atoms with Gasteiger partial charge in [-0.1, -0.05) is 0 Å². The van der Waals surface area contributed by atoms with Gasteiger partial charge in [-0.25, -0.2) is 4.79 Å². The molecule has 0 aromatic rings. The first-order valence-electron chi connectivity index (χ1n) is 7.09. The Morgan fingerprint density at radius 2 is 1.62 bits per heavy atom. The number of carboxylic acid groups (broad SMARTS) is 2. The van der Waals surface area contributed by atoms with Crippen LogP contribution >= 0.6 is 0 Å². The van der Waals surface area contributed by atoms with E-state index < -0.39 is 29.7 Å².